The van der Waals surface area contributed by atoms with Crippen LogP contribution < -0.4 is 4.90 Å². The van der Waals surface area contributed by atoms with Crippen LogP contribution in [0.25, 0.3) is 0 Å². The quantitative estimate of drug-likeness (QED) is 0.290. The summed E-state index contributed by atoms with van der Waals surface area (Å²) < 4.78 is 6.78. The molecule has 0 saturated carbocycles. The van der Waals surface area contributed by atoms with Gasteiger partial charge in [0.2, 0.25) is 17.7 Å². The summed E-state index contributed by atoms with van der Waals surface area (Å²) >= 11 is 0. The van der Waals surface area contributed by atoms with E-state index in [0.717, 1.165) is 18.5 Å². The lowest BCUT2D eigenvalue weighted by molar-refractivity contribution is -0.151. The van der Waals surface area contributed by atoms with E-state index in [1.807, 2.05) is 37.3 Å². The summed E-state index contributed by atoms with van der Waals surface area (Å²) in [6, 6.07) is 8.58. The molecule has 3 fully saturated rings. The normalized spacial score (nSPS) is 28.8. The van der Waals surface area contributed by atoms with E-state index in [1.54, 1.807) is 26.9 Å². The number of anilines is 1. The van der Waals surface area contributed by atoms with E-state index >= 15 is 0 Å². The van der Waals surface area contributed by atoms with Crippen molar-refractivity contribution < 1.29 is 24.2 Å². The number of rotatable bonds is 14. The Morgan fingerprint density at radius 1 is 1.10 bits per heavy atom. The molecule has 3 heterocycles. The van der Waals surface area contributed by atoms with E-state index in [4.69, 9.17) is 4.74 Å². The molecule has 1 aromatic rings. The number of carbonyl (C=O) groups is 3. The van der Waals surface area contributed by atoms with Gasteiger partial charge >= 0.3 is 0 Å². The lowest BCUT2D eigenvalue weighted by Gasteiger charge is -2.37. The van der Waals surface area contributed by atoms with Crippen LogP contribution in [0.2, 0.25) is 0 Å². The van der Waals surface area contributed by atoms with Gasteiger partial charge in [0, 0.05) is 38.5 Å². The summed E-state index contributed by atoms with van der Waals surface area (Å²) in [5.74, 6) is -2.00. The van der Waals surface area contributed by atoms with Crippen LogP contribution in [0.15, 0.2) is 55.6 Å². The minimum absolute atomic E-state index is 0.0115. The summed E-state index contributed by atoms with van der Waals surface area (Å²) in [6.07, 6.45) is 7.39. The first kappa shape index (κ1) is 29.0. The van der Waals surface area contributed by atoms with Crippen molar-refractivity contribution in [3.63, 3.8) is 0 Å². The van der Waals surface area contributed by atoms with Gasteiger partial charge in [0.1, 0.15) is 11.6 Å². The SMILES string of the molecule is C=CCN(CCCC)C(=O)C1N(CCCCO)C(=O)[C@@H]2[C@@H](C(=O)N(CC=C)c3ccccc3)[C@@]3(C)CCC12O3. The number of hydrogen-bond acceptors (Lipinski definition) is 5. The van der Waals surface area contributed by atoms with Crippen LogP contribution in [-0.4, -0.2) is 82.7 Å². The Morgan fingerprint density at radius 2 is 1.82 bits per heavy atom. The van der Waals surface area contributed by atoms with Crippen molar-refractivity contribution in [1.29, 1.82) is 0 Å². The first-order valence-electron chi connectivity index (χ1n) is 14.3. The molecule has 0 aliphatic carbocycles. The zero-order valence-corrected chi connectivity index (χ0v) is 23.4. The summed E-state index contributed by atoms with van der Waals surface area (Å²) in [4.78, 5) is 47.9. The maximum Gasteiger partial charge on any atom is 0.248 e. The zero-order valence-electron chi connectivity index (χ0n) is 23.4. The molecular formula is C31H43N3O5. The van der Waals surface area contributed by atoms with Gasteiger partial charge < -0.3 is 24.5 Å². The molecule has 3 saturated heterocycles. The second-order valence-electron chi connectivity index (χ2n) is 11.2. The number of benzene rings is 1. The molecule has 4 rings (SSSR count). The molecule has 39 heavy (non-hydrogen) atoms. The van der Waals surface area contributed by atoms with Crippen LogP contribution in [0, 0.1) is 11.8 Å². The number of aliphatic hydroxyl groups is 1. The number of likely N-dealkylation sites (tertiary alicyclic amines) is 1. The van der Waals surface area contributed by atoms with Gasteiger partial charge in [-0.15, -0.1) is 13.2 Å². The topological polar surface area (TPSA) is 90.4 Å². The molecule has 1 N–H and O–H groups in total. The molecule has 8 heteroatoms. The number of fused-ring (bicyclic) bond motifs is 1. The van der Waals surface area contributed by atoms with Crippen LogP contribution >= 0.6 is 0 Å². The molecule has 0 radical (unpaired) electrons. The molecule has 3 amide bonds. The first-order chi connectivity index (χ1) is 18.8. The minimum atomic E-state index is -1.06. The van der Waals surface area contributed by atoms with Crippen molar-refractivity contribution >= 4 is 23.4 Å². The monoisotopic (exact) mass is 537 g/mol. The second kappa shape index (κ2) is 12.0. The average molecular weight is 538 g/mol. The van der Waals surface area contributed by atoms with E-state index < -0.39 is 29.1 Å². The van der Waals surface area contributed by atoms with E-state index in [9.17, 15) is 19.5 Å². The van der Waals surface area contributed by atoms with Crippen LogP contribution in [0.3, 0.4) is 0 Å². The lowest BCUT2D eigenvalue weighted by atomic mass is 9.66. The summed E-state index contributed by atoms with van der Waals surface area (Å²) in [6.45, 7) is 13.3. The number of carbonyl (C=O) groups excluding carboxylic acids is 3. The molecule has 2 bridgehead atoms. The highest BCUT2D eigenvalue weighted by atomic mass is 16.5. The molecule has 8 nitrogen and oxygen atoms in total. The van der Waals surface area contributed by atoms with Gasteiger partial charge in [0.15, 0.2) is 0 Å². The highest BCUT2D eigenvalue weighted by Crippen LogP contribution is 2.63. The Morgan fingerprint density at radius 3 is 2.46 bits per heavy atom. The lowest BCUT2D eigenvalue weighted by Crippen LogP contribution is -2.56. The van der Waals surface area contributed by atoms with Gasteiger partial charge in [0.05, 0.1) is 17.4 Å². The summed E-state index contributed by atoms with van der Waals surface area (Å²) in [7, 11) is 0. The van der Waals surface area contributed by atoms with Gasteiger partial charge in [-0.05, 0) is 51.2 Å². The highest BCUT2D eigenvalue weighted by molar-refractivity contribution is 6.03. The molecule has 1 spiro atoms. The van der Waals surface area contributed by atoms with Crippen molar-refractivity contribution in [2.24, 2.45) is 11.8 Å². The van der Waals surface area contributed by atoms with E-state index in [0.29, 0.717) is 51.9 Å². The molecular weight excluding hydrogens is 494 g/mol. The number of unbranched alkanes of at least 4 members (excludes halogenated alkanes) is 2. The van der Waals surface area contributed by atoms with Crippen LogP contribution in [-0.2, 0) is 19.1 Å². The Labute approximate surface area is 232 Å². The van der Waals surface area contributed by atoms with E-state index in [2.05, 4.69) is 20.1 Å². The first-order valence-corrected chi connectivity index (χ1v) is 14.3. The van der Waals surface area contributed by atoms with Crippen molar-refractivity contribution in [3.8, 4) is 0 Å². The van der Waals surface area contributed by atoms with Gasteiger partial charge in [-0.1, -0.05) is 43.7 Å². The number of amides is 3. The third-order valence-electron chi connectivity index (χ3n) is 8.67. The third kappa shape index (κ3) is 5.05. The predicted octanol–water partition coefficient (Wildman–Crippen LogP) is 3.56. The Kier molecular flexibility index (Phi) is 8.96. The molecule has 0 aromatic heterocycles. The fourth-order valence-electron chi connectivity index (χ4n) is 6.91. The molecule has 3 aliphatic rings. The fraction of sp³-hybridized carbons (Fsp3) is 0.581. The molecule has 212 valence electrons. The summed E-state index contributed by atoms with van der Waals surface area (Å²) in [5, 5.41) is 9.40. The van der Waals surface area contributed by atoms with Gasteiger partial charge in [0.25, 0.3) is 0 Å². The van der Waals surface area contributed by atoms with Crippen LogP contribution in [0.1, 0.15) is 52.4 Å². The number of para-hydroxylation sites is 1. The Balaban J connectivity index is 1.75. The maximum absolute atomic E-state index is 14.3. The standard InChI is InChI=1S/C31H43N3O5/c1-5-8-20-32(18-6-2)29(38)26-31-17-16-30(4,39-31)24(25(31)28(37)34(26)21-12-13-22-35)27(36)33(19-7-3)23-14-10-9-11-15-23/h6-7,9-11,14-15,24-26,35H,2-3,5,8,12-13,16-22H2,1,4H3/t24-,25-,26?,30+,31?/m0/s1. The van der Waals surface area contributed by atoms with Gasteiger partial charge in [-0.2, -0.15) is 0 Å². The molecule has 3 aliphatic heterocycles. The van der Waals surface area contributed by atoms with Gasteiger partial charge in [-0.3, -0.25) is 14.4 Å². The second-order valence-corrected chi connectivity index (χ2v) is 11.2. The number of nitrogens with zero attached hydrogens (tertiary/aromatic N) is 3. The summed E-state index contributed by atoms with van der Waals surface area (Å²) in [5.41, 5.74) is -1.18. The van der Waals surface area contributed by atoms with Crippen LogP contribution in [0.5, 0.6) is 0 Å². The largest absolute Gasteiger partial charge is 0.396 e. The minimum Gasteiger partial charge on any atom is -0.396 e. The average Bonchev–Trinajstić information content (AvgIpc) is 3.50. The van der Waals surface area contributed by atoms with Crippen LogP contribution in [0.4, 0.5) is 5.69 Å². The zero-order chi connectivity index (χ0) is 28.2. The maximum atomic E-state index is 14.3. The number of hydrogen-bond donors (Lipinski definition) is 1. The third-order valence-corrected chi connectivity index (χ3v) is 8.67. The molecule has 5 atom stereocenters. The van der Waals surface area contributed by atoms with Gasteiger partial charge in [-0.25, -0.2) is 0 Å². The predicted molar refractivity (Wildman–Crippen MR) is 151 cm³/mol. The highest BCUT2D eigenvalue weighted by Gasteiger charge is 2.78. The van der Waals surface area contributed by atoms with Crippen molar-refractivity contribution in [3.05, 3.63) is 55.6 Å². The number of ether oxygens (including phenoxy) is 1. The number of aliphatic hydroxyl groups excluding tert-OH is 1. The Hall–Kier alpha value is -2.97. The fourth-order valence-corrected chi connectivity index (χ4v) is 6.91. The molecule has 2 unspecified atom stereocenters. The van der Waals surface area contributed by atoms with Crippen molar-refractivity contribution in [1.82, 2.24) is 9.80 Å². The Bertz CT molecular complexity index is 1080. The smallest absolute Gasteiger partial charge is 0.248 e. The van der Waals surface area contributed by atoms with Crippen molar-refractivity contribution in [2.45, 2.75) is 69.6 Å². The molecule has 1 aromatic carbocycles. The van der Waals surface area contributed by atoms with E-state index in [-0.39, 0.29) is 24.3 Å². The van der Waals surface area contributed by atoms with E-state index in [1.165, 1.54) is 0 Å². The van der Waals surface area contributed by atoms with Crippen molar-refractivity contribution in [2.75, 3.05) is 37.7 Å².